The Balaban J connectivity index is 2.32. The Kier molecular flexibility index (Phi) is 5.41. The second-order valence-electron chi connectivity index (χ2n) is 3.73. The summed E-state index contributed by atoms with van der Waals surface area (Å²) in [5.74, 6) is 8.83. The number of benzene rings is 1. The molecule has 3 heteroatoms. The molecule has 3 N–H and O–H groups in total. The Hall–Kier alpha value is -1.50. The van der Waals surface area contributed by atoms with Crippen molar-refractivity contribution in [2.24, 2.45) is 5.84 Å². The van der Waals surface area contributed by atoms with E-state index in [0.29, 0.717) is 13.0 Å². The van der Waals surface area contributed by atoms with Crippen LogP contribution in [-0.2, 0) is 0 Å². The van der Waals surface area contributed by atoms with Gasteiger partial charge >= 0.3 is 0 Å². The minimum atomic E-state index is 0.120. The van der Waals surface area contributed by atoms with Crippen molar-refractivity contribution in [3.05, 3.63) is 29.8 Å². The molecule has 0 bridgehead atoms. The summed E-state index contributed by atoms with van der Waals surface area (Å²) >= 11 is 0. The van der Waals surface area contributed by atoms with Gasteiger partial charge in [-0.25, -0.2) is 0 Å². The molecule has 0 fully saturated rings. The zero-order chi connectivity index (χ0) is 11.8. The van der Waals surface area contributed by atoms with Crippen LogP contribution in [0, 0.1) is 19.3 Å². The van der Waals surface area contributed by atoms with Gasteiger partial charge in [0.05, 0.1) is 6.61 Å². The molecule has 1 aromatic rings. The van der Waals surface area contributed by atoms with Crippen molar-refractivity contribution in [2.75, 3.05) is 6.61 Å². The third kappa shape index (κ3) is 4.35. The summed E-state index contributed by atoms with van der Waals surface area (Å²) in [7, 11) is 0. The zero-order valence-electron chi connectivity index (χ0n) is 9.57. The third-order valence-corrected chi connectivity index (χ3v) is 2.32. The smallest absolute Gasteiger partial charge is 0.119 e. The van der Waals surface area contributed by atoms with Gasteiger partial charge < -0.3 is 4.74 Å². The van der Waals surface area contributed by atoms with Crippen molar-refractivity contribution in [1.29, 1.82) is 0 Å². The van der Waals surface area contributed by atoms with Gasteiger partial charge in [-0.05, 0) is 31.0 Å². The van der Waals surface area contributed by atoms with Crippen LogP contribution in [0.15, 0.2) is 24.3 Å². The van der Waals surface area contributed by atoms with Gasteiger partial charge in [-0.3, -0.25) is 11.3 Å². The molecule has 1 rings (SSSR count). The Morgan fingerprint density at radius 3 is 3.00 bits per heavy atom. The van der Waals surface area contributed by atoms with Crippen molar-refractivity contribution in [1.82, 2.24) is 5.43 Å². The molecule has 1 aromatic carbocycles. The Morgan fingerprint density at radius 2 is 2.38 bits per heavy atom. The molecule has 0 aliphatic carbocycles. The van der Waals surface area contributed by atoms with Crippen LogP contribution < -0.4 is 16.0 Å². The Labute approximate surface area is 97.0 Å². The lowest BCUT2D eigenvalue weighted by Gasteiger charge is -2.13. The number of rotatable bonds is 6. The molecular formula is C13H18N2O. The van der Waals surface area contributed by atoms with Crippen LogP contribution in [0.2, 0.25) is 0 Å². The second kappa shape index (κ2) is 6.89. The molecular weight excluding hydrogens is 200 g/mol. The van der Waals surface area contributed by atoms with Gasteiger partial charge in [-0.2, -0.15) is 0 Å². The fraction of sp³-hybridized carbons (Fsp3) is 0.385. The molecule has 1 unspecified atom stereocenters. The lowest BCUT2D eigenvalue weighted by Crippen LogP contribution is -2.35. The summed E-state index contributed by atoms with van der Waals surface area (Å²) in [5.41, 5.74) is 3.87. The number of nitrogens with one attached hydrogen (secondary N) is 1. The normalized spacial score (nSPS) is 11.8. The van der Waals surface area contributed by atoms with E-state index >= 15 is 0 Å². The number of terminal acetylenes is 1. The van der Waals surface area contributed by atoms with E-state index in [1.807, 2.05) is 31.2 Å². The average Bonchev–Trinajstić information content (AvgIpc) is 2.28. The van der Waals surface area contributed by atoms with Crippen molar-refractivity contribution >= 4 is 0 Å². The highest BCUT2D eigenvalue weighted by Gasteiger charge is 2.04. The minimum absolute atomic E-state index is 0.120. The van der Waals surface area contributed by atoms with E-state index in [1.165, 1.54) is 5.56 Å². The highest BCUT2D eigenvalue weighted by atomic mass is 16.5. The lowest BCUT2D eigenvalue weighted by molar-refractivity contribution is 0.287. The summed E-state index contributed by atoms with van der Waals surface area (Å²) in [6.07, 6.45) is 6.64. The number of hydrazine groups is 1. The maximum atomic E-state index is 5.60. The van der Waals surface area contributed by atoms with Gasteiger partial charge in [-0.15, -0.1) is 12.3 Å². The van der Waals surface area contributed by atoms with Gasteiger partial charge in [0.25, 0.3) is 0 Å². The highest BCUT2D eigenvalue weighted by molar-refractivity contribution is 5.27. The first kappa shape index (κ1) is 12.6. The molecule has 0 saturated carbocycles. The fourth-order valence-electron chi connectivity index (χ4n) is 1.41. The summed E-state index contributed by atoms with van der Waals surface area (Å²) < 4.78 is 5.60. The van der Waals surface area contributed by atoms with E-state index in [1.54, 1.807) is 0 Å². The molecule has 3 nitrogen and oxygen atoms in total. The van der Waals surface area contributed by atoms with Gasteiger partial charge in [0.15, 0.2) is 0 Å². The zero-order valence-corrected chi connectivity index (χ0v) is 9.57. The Morgan fingerprint density at radius 1 is 1.56 bits per heavy atom. The quantitative estimate of drug-likeness (QED) is 0.433. The first-order valence-electron chi connectivity index (χ1n) is 5.35. The first-order valence-corrected chi connectivity index (χ1v) is 5.35. The predicted octanol–water partition coefficient (Wildman–Crippen LogP) is 1.62. The maximum absolute atomic E-state index is 5.60. The number of hydrogen-bond donors (Lipinski definition) is 2. The van der Waals surface area contributed by atoms with Crippen LogP contribution in [-0.4, -0.2) is 12.6 Å². The number of hydrogen-bond acceptors (Lipinski definition) is 3. The molecule has 0 spiro atoms. The van der Waals surface area contributed by atoms with Gasteiger partial charge in [0, 0.05) is 12.5 Å². The fourth-order valence-corrected chi connectivity index (χ4v) is 1.41. The van der Waals surface area contributed by atoms with Crippen LogP contribution in [0.4, 0.5) is 0 Å². The Bertz CT molecular complexity index is 357. The minimum Gasteiger partial charge on any atom is -0.494 e. The molecule has 16 heavy (non-hydrogen) atoms. The third-order valence-electron chi connectivity index (χ3n) is 2.32. The van der Waals surface area contributed by atoms with E-state index in [9.17, 15) is 0 Å². The van der Waals surface area contributed by atoms with E-state index in [4.69, 9.17) is 17.0 Å². The van der Waals surface area contributed by atoms with Crippen molar-refractivity contribution < 1.29 is 4.74 Å². The molecule has 0 heterocycles. The topological polar surface area (TPSA) is 47.3 Å². The summed E-state index contributed by atoms with van der Waals surface area (Å²) in [6.45, 7) is 2.65. The van der Waals surface area contributed by atoms with E-state index in [0.717, 1.165) is 12.2 Å². The van der Waals surface area contributed by atoms with Crippen LogP contribution >= 0.6 is 0 Å². The van der Waals surface area contributed by atoms with Crippen molar-refractivity contribution in [3.63, 3.8) is 0 Å². The monoisotopic (exact) mass is 218 g/mol. The first-order chi connectivity index (χ1) is 7.76. The molecule has 86 valence electrons. The van der Waals surface area contributed by atoms with Gasteiger partial charge in [0.2, 0.25) is 0 Å². The van der Waals surface area contributed by atoms with E-state index in [2.05, 4.69) is 11.3 Å². The average molecular weight is 218 g/mol. The van der Waals surface area contributed by atoms with E-state index < -0.39 is 0 Å². The molecule has 0 saturated heterocycles. The molecule has 0 aliphatic heterocycles. The number of ether oxygens (including phenoxy) is 1. The summed E-state index contributed by atoms with van der Waals surface area (Å²) in [6, 6.07) is 8.08. The maximum Gasteiger partial charge on any atom is 0.119 e. The standard InChI is InChI=1S/C13H18N2O/c1-3-5-12(15-14)8-9-16-13-7-4-6-11(2)10-13/h1,4,6-7,10,12,15H,5,8-9,14H2,2H3. The van der Waals surface area contributed by atoms with Crippen LogP contribution in [0.25, 0.3) is 0 Å². The molecule has 0 aromatic heterocycles. The van der Waals surface area contributed by atoms with Crippen LogP contribution in [0.5, 0.6) is 5.75 Å². The van der Waals surface area contributed by atoms with E-state index in [-0.39, 0.29) is 6.04 Å². The van der Waals surface area contributed by atoms with Crippen LogP contribution in [0.1, 0.15) is 18.4 Å². The summed E-state index contributed by atoms with van der Waals surface area (Å²) in [4.78, 5) is 0. The second-order valence-corrected chi connectivity index (χ2v) is 3.73. The lowest BCUT2D eigenvalue weighted by atomic mass is 10.1. The SMILES string of the molecule is C#CCC(CCOc1cccc(C)c1)NN. The van der Waals surface area contributed by atoms with Gasteiger partial charge in [-0.1, -0.05) is 12.1 Å². The molecule has 0 amide bonds. The van der Waals surface area contributed by atoms with Crippen molar-refractivity contribution in [3.8, 4) is 18.1 Å². The molecule has 0 aliphatic rings. The predicted molar refractivity (Wildman–Crippen MR) is 65.9 cm³/mol. The molecule has 0 radical (unpaired) electrons. The number of aryl methyl sites for hydroxylation is 1. The number of nitrogens with two attached hydrogens (primary N) is 1. The van der Waals surface area contributed by atoms with Crippen molar-refractivity contribution in [2.45, 2.75) is 25.8 Å². The summed E-state index contributed by atoms with van der Waals surface area (Å²) in [5, 5.41) is 0. The highest BCUT2D eigenvalue weighted by Crippen LogP contribution is 2.12. The van der Waals surface area contributed by atoms with Gasteiger partial charge in [0.1, 0.15) is 5.75 Å². The molecule has 1 atom stereocenters. The van der Waals surface area contributed by atoms with Crippen LogP contribution in [0.3, 0.4) is 0 Å². The largest absolute Gasteiger partial charge is 0.494 e.